The van der Waals surface area contributed by atoms with Crippen LogP contribution in [0.25, 0.3) is 0 Å². The number of carbonyl (C=O) groups is 1. The number of hydrogen-bond donors (Lipinski definition) is 1. The summed E-state index contributed by atoms with van der Waals surface area (Å²) in [5.74, 6) is -0.490. The molecule has 0 bridgehead atoms. The molecule has 1 N–H and O–H groups in total. The minimum atomic E-state index is -0.490. The summed E-state index contributed by atoms with van der Waals surface area (Å²) in [5, 5.41) is 3.71. The number of hydrogen-bond acceptors (Lipinski definition) is 6. The second-order valence-corrected chi connectivity index (χ2v) is 7.88. The van der Waals surface area contributed by atoms with Gasteiger partial charge in [0.1, 0.15) is 0 Å². The number of aryl methyl sites for hydroxylation is 1. The number of fused-ring (bicyclic) bond motifs is 1. The zero-order valence-corrected chi connectivity index (χ0v) is 17.5. The molecule has 0 aliphatic carbocycles. The van der Waals surface area contributed by atoms with Crippen molar-refractivity contribution in [3.8, 4) is 0 Å². The standard InChI is InChI=1S/C24H19ClN4O2/c1-15-6-8-16(9-7-15)21-14-22(27-20-5-3-2-4-19(20)26-21)23-24(30)31-28-29(23)18-12-10-17(25)11-13-18/h2-13,21,28H,14H2,1H3/b23-22+. The van der Waals surface area contributed by atoms with Gasteiger partial charge in [0.25, 0.3) is 0 Å². The molecule has 0 radical (unpaired) electrons. The van der Waals surface area contributed by atoms with Crippen molar-refractivity contribution >= 4 is 23.3 Å². The average Bonchev–Trinajstić information content (AvgIpc) is 3.05. The fraction of sp³-hybridized carbons (Fsp3) is 0.125. The van der Waals surface area contributed by atoms with Crippen molar-refractivity contribution in [2.45, 2.75) is 19.4 Å². The lowest BCUT2D eigenvalue weighted by molar-refractivity contribution is -0.140. The van der Waals surface area contributed by atoms with Crippen LogP contribution >= 0.6 is 11.6 Å². The third-order valence-electron chi connectivity index (χ3n) is 5.29. The quantitative estimate of drug-likeness (QED) is 0.629. The highest BCUT2D eigenvalue weighted by Crippen LogP contribution is 2.32. The molecular weight excluding hydrogens is 412 g/mol. The van der Waals surface area contributed by atoms with Gasteiger partial charge in [-0.3, -0.25) is 4.99 Å². The molecule has 0 amide bonds. The molecule has 0 saturated carbocycles. The highest BCUT2D eigenvalue weighted by Gasteiger charge is 2.34. The van der Waals surface area contributed by atoms with Crippen LogP contribution in [0.3, 0.4) is 0 Å². The van der Waals surface area contributed by atoms with E-state index >= 15 is 0 Å². The van der Waals surface area contributed by atoms with Gasteiger partial charge in [0.2, 0.25) is 0 Å². The van der Waals surface area contributed by atoms with Gasteiger partial charge in [-0.15, -0.1) is 0 Å². The number of carbonyl (C=O) groups excluding carboxylic acids is 1. The Kier molecular flexibility index (Phi) is 5.02. The van der Waals surface area contributed by atoms with Crippen LogP contribution in [-0.4, -0.2) is 5.97 Å². The molecule has 2 aliphatic heterocycles. The van der Waals surface area contributed by atoms with Gasteiger partial charge in [0, 0.05) is 11.4 Å². The van der Waals surface area contributed by atoms with Gasteiger partial charge in [-0.05, 0) is 48.9 Å². The first-order valence-corrected chi connectivity index (χ1v) is 10.3. The van der Waals surface area contributed by atoms with E-state index < -0.39 is 5.97 Å². The molecule has 2 aliphatic rings. The summed E-state index contributed by atoms with van der Waals surface area (Å²) in [6.07, 6.45) is 0.452. The summed E-state index contributed by atoms with van der Waals surface area (Å²) >= 11 is 6.03. The Morgan fingerprint density at radius 3 is 2.45 bits per heavy atom. The zero-order valence-electron chi connectivity index (χ0n) is 16.7. The largest absolute Gasteiger partial charge is 0.378 e. The maximum atomic E-state index is 12.7. The number of halogens is 1. The third-order valence-corrected chi connectivity index (χ3v) is 5.54. The van der Waals surface area contributed by atoms with E-state index in [1.807, 2.05) is 36.4 Å². The molecule has 3 aromatic carbocycles. The van der Waals surface area contributed by atoms with Crippen LogP contribution in [0.5, 0.6) is 0 Å². The van der Waals surface area contributed by atoms with Crippen LogP contribution in [0.4, 0.5) is 5.69 Å². The third kappa shape index (κ3) is 3.83. The minimum Gasteiger partial charge on any atom is -0.345 e. The molecule has 1 atom stereocenters. The van der Waals surface area contributed by atoms with Crippen molar-refractivity contribution < 1.29 is 9.63 Å². The molecule has 31 heavy (non-hydrogen) atoms. The smallest absolute Gasteiger partial charge is 0.345 e. The lowest BCUT2D eigenvalue weighted by Crippen LogP contribution is -2.29. The van der Waals surface area contributed by atoms with Crippen LogP contribution in [-0.2, 0) is 9.63 Å². The lowest BCUT2D eigenvalue weighted by atomic mass is 10.0. The first kappa shape index (κ1) is 19.5. The number of hydrazine groups is 1. The van der Waals surface area contributed by atoms with Gasteiger partial charge < -0.3 is 4.84 Å². The Balaban J connectivity index is 1.69. The van der Waals surface area contributed by atoms with Crippen LogP contribution in [0.1, 0.15) is 23.6 Å². The number of rotatable bonds is 2. The van der Waals surface area contributed by atoms with Gasteiger partial charge in [0.15, 0.2) is 5.70 Å². The monoisotopic (exact) mass is 430 g/mol. The summed E-state index contributed by atoms with van der Waals surface area (Å²) in [4.78, 5) is 27.7. The Bertz CT molecular complexity index is 1300. The van der Waals surface area contributed by atoms with Crippen molar-refractivity contribution in [2.24, 2.45) is 9.98 Å². The highest BCUT2D eigenvalue weighted by atomic mass is 35.5. The van der Waals surface area contributed by atoms with Crippen molar-refractivity contribution in [1.29, 1.82) is 0 Å². The van der Waals surface area contributed by atoms with E-state index in [9.17, 15) is 4.79 Å². The SMILES string of the molecule is Cc1ccc(C2C/C(=C3/C(=O)ONN3c3ccc(Cl)cc3)N=c3ccccc3=N2)cc1. The molecule has 5 rings (SSSR count). The van der Waals surface area contributed by atoms with E-state index in [2.05, 4.69) is 36.8 Å². The molecule has 0 spiro atoms. The van der Waals surface area contributed by atoms with Gasteiger partial charge >= 0.3 is 5.97 Å². The van der Waals surface area contributed by atoms with E-state index in [0.717, 1.165) is 16.3 Å². The van der Waals surface area contributed by atoms with E-state index in [-0.39, 0.29) is 6.04 Å². The van der Waals surface area contributed by atoms with Gasteiger partial charge in [-0.1, -0.05) is 59.2 Å². The fourth-order valence-corrected chi connectivity index (χ4v) is 3.80. The molecule has 1 unspecified atom stereocenters. The van der Waals surface area contributed by atoms with Crippen molar-refractivity contribution in [2.75, 3.05) is 5.01 Å². The zero-order chi connectivity index (χ0) is 21.4. The summed E-state index contributed by atoms with van der Waals surface area (Å²) in [6.45, 7) is 2.05. The van der Waals surface area contributed by atoms with Crippen LogP contribution in [0.15, 0.2) is 94.2 Å². The second-order valence-electron chi connectivity index (χ2n) is 7.45. The summed E-state index contributed by atoms with van der Waals surface area (Å²) in [6, 6.07) is 22.9. The molecule has 7 heteroatoms. The Hall–Kier alpha value is -3.48. The van der Waals surface area contributed by atoms with E-state index in [4.69, 9.17) is 26.4 Å². The van der Waals surface area contributed by atoms with E-state index in [1.165, 1.54) is 5.56 Å². The summed E-state index contributed by atoms with van der Waals surface area (Å²) < 4.78 is 0. The highest BCUT2D eigenvalue weighted by molar-refractivity contribution is 6.30. The van der Waals surface area contributed by atoms with Crippen molar-refractivity contribution in [3.05, 3.63) is 111 Å². The van der Waals surface area contributed by atoms with E-state index in [0.29, 0.717) is 28.5 Å². The fourth-order valence-electron chi connectivity index (χ4n) is 3.68. The topological polar surface area (TPSA) is 66.3 Å². The van der Waals surface area contributed by atoms with E-state index in [1.54, 1.807) is 17.1 Å². The molecule has 154 valence electrons. The van der Waals surface area contributed by atoms with Crippen molar-refractivity contribution in [3.63, 3.8) is 0 Å². The molecule has 0 aromatic heterocycles. The number of nitrogens with one attached hydrogen (secondary N) is 1. The first-order chi connectivity index (χ1) is 15.1. The molecule has 1 saturated heterocycles. The maximum absolute atomic E-state index is 12.7. The summed E-state index contributed by atoms with van der Waals surface area (Å²) in [7, 11) is 0. The van der Waals surface area contributed by atoms with Crippen LogP contribution in [0.2, 0.25) is 5.02 Å². The maximum Gasteiger partial charge on any atom is 0.378 e. The van der Waals surface area contributed by atoms with Crippen LogP contribution < -0.4 is 21.3 Å². The average molecular weight is 431 g/mol. The van der Waals surface area contributed by atoms with Crippen molar-refractivity contribution in [1.82, 2.24) is 5.59 Å². The Labute approximate surface area is 184 Å². The normalized spacial score (nSPS) is 20.4. The van der Waals surface area contributed by atoms with Crippen LogP contribution in [0, 0.1) is 6.92 Å². The number of nitrogens with zero attached hydrogens (tertiary/aromatic N) is 3. The van der Waals surface area contributed by atoms with Gasteiger partial charge in [-0.2, -0.15) is 0 Å². The predicted octanol–water partition coefficient (Wildman–Crippen LogP) is 3.73. The number of benzene rings is 3. The summed E-state index contributed by atoms with van der Waals surface area (Å²) in [5.41, 5.74) is 6.59. The first-order valence-electron chi connectivity index (χ1n) is 9.92. The predicted molar refractivity (Wildman–Crippen MR) is 117 cm³/mol. The number of para-hydroxylation sites is 2. The molecule has 2 heterocycles. The number of anilines is 1. The molecule has 6 nitrogen and oxygen atoms in total. The van der Waals surface area contributed by atoms with Gasteiger partial charge in [0.05, 0.1) is 28.1 Å². The minimum absolute atomic E-state index is 0.184. The van der Waals surface area contributed by atoms with Gasteiger partial charge in [-0.25, -0.2) is 14.8 Å². The molecular formula is C24H19ClN4O2. The lowest BCUT2D eigenvalue weighted by Gasteiger charge is -2.18. The molecule has 1 fully saturated rings. The Morgan fingerprint density at radius 1 is 1.00 bits per heavy atom. The Morgan fingerprint density at radius 2 is 1.71 bits per heavy atom. The second kappa shape index (κ2) is 7.98. The molecule has 3 aromatic rings.